The van der Waals surface area contributed by atoms with Crippen LogP contribution in [-0.2, 0) is 0 Å². The molecule has 2 unspecified atom stereocenters. The van der Waals surface area contributed by atoms with Gasteiger partial charge < -0.3 is 10.4 Å². The molecule has 0 aromatic heterocycles. The van der Waals surface area contributed by atoms with Gasteiger partial charge in [0.05, 0.1) is 6.10 Å². The molecule has 3 heteroatoms. The summed E-state index contributed by atoms with van der Waals surface area (Å²) in [6.07, 6.45) is 2.91. The highest BCUT2D eigenvalue weighted by atomic mass is 19.1. The largest absolute Gasteiger partial charge is 0.392 e. The van der Waals surface area contributed by atoms with Crippen LogP contribution < -0.4 is 5.32 Å². The van der Waals surface area contributed by atoms with E-state index in [2.05, 4.69) is 12.2 Å². The molecule has 0 aliphatic rings. The van der Waals surface area contributed by atoms with E-state index in [1.54, 1.807) is 0 Å². The van der Waals surface area contributed by atoms with Gasteiger partial charge in [-0.1, -0.05) is 45.7 Å². The van der Waals surface area contributed by atoms with Crippen LogP contribution in [0.2, 0.25) is 0 Å². The summed E-state index contributed by atoms with van der Waals surface area (Å²) in [4.78, 5) is 0. The molecule has 0 saturated heterocycles. The zero-order chi connectivity index (χ0) is 14.3. The van der Waals surface area contributed by atoms with Gasteiger partial charge in [-0.05, 0) is 30.0 Å². The van der Waals surface area contributed by atoms with Crippen molar-refractivity contribution in [2.45, 2.75) is 52.2 Å². The molecule has 0 amide bonds. The third-order valence-corrected chi connectivity index (χ3v) is 3.46. The van der Waals surface area contributed by atoms with Gasteiger partial charge in [-0.25, -0.2) is 4.39 Å². The van der Waals surface area contributed by atoms with Crippen LogP contribution in [0, 0.1) is 11.7 Å². The molecule has 0 heterocycles. The van der Waals surface area contributed by atoms with Crippen molar-refractivity contribution >= 4 is 0 Å². The number of nitrogens with one attached hydrogen (secondary N) is 1. The second-order valence-corrected chi connectivity index (χ2v) is 5.47. The fourth-order valence-corrected chi connectivity index (χ4v) is 1.99. The standard InChI is InChI=1S/C16H26FNO/c1-4-5-6-15(18-11-16(19)12(2)3)13-7-9-14(17)10-8-13/h7-10,12,15-16,18-19H,4-6,11H2,1-3H3. The first-order chi connectivity index (χ1) is 9.04. The average molecular weight is 267 g/mol. The van der Waals surface area contributed by atoms with Crippen molar-refractivity contribution in [1.82, 2.24) is 5.32 Å². The quantitative estimate of drug-likeness (QED) is 0.753. The molecule has 108 valence electrons. The monoisotopic (exact) mass is 267 g/mol. The molecule has 0 aliphatic carbocycles. The summed E-state index contributed by atoms with van der Waals surface area (Å²) in [7, 11) is 0. The van der Waals surface area contributed by atoms with Crippen LogP contribution in [0.25, 0.3) is 0 Å². The lowest BCUT2D eigenvalue weighted by Gasteiger charge is -2.22. The molecular formula is C16H26FNO. The Kier molecular flexibility index (Phi) is 7.03. The summed E-state index contributed by atoms with van der Waals surface area (Å²) in [5.74, 6) is 0.0350. The van der Waals surface area contributed by atoms with Gasteiger partial charge >= 0.3 is 0 Å². The second kappa shape index (κ2) is 8.28. The number of hydrogen-bond acceptors (Lipinski definition) is 2. The molecular weight excluding hydrogens is 241 g/mol. The predicted octanol–water partition coefficient (Wildman–Crippen LogP) is 3.66. The van der Waals surface area contributed by atoms with Gasteiger partial charge in [-0.3, -0.25) is 0 Å². The Balaban J connectivity index is 2.63. The van der Waals surface area contributed by atoms with Crippen LogP contribution in [0.3, 0.4) is 0 Å². The van der Waals surface area contributed by atoms with Gasteiger partial charge in [0.25, 0.3) is 0 Å². The number of aliphatic hydroxyl groups is 1. The normalized spacial score (nSPS) is 14.6. The molecule has 0 spiro atoms. The van der Waals surface area contributed by atoms with E-state index in [1.165, 1.54) is 12.1 Å². The third kappa shape index (κ3) is 5.70. The molecule has 0 saturated carbocycles. The van der Waals surface area contributed by atoms with Gasteiger partial charge in [0.2, 0.25) is 0 Å². The molecule has 0 aliphatic heterocycles. The number of benzene rings is 1. The first-order valence-corrected chi connectivity index (χ1v) is 7.21. The molecule has 1 rings (SSSR count). The maximum atomic E-state index is 13.0. The number of halogens is 1. The Morgan fingerprint density at radius 3 is 2.37 bits per heavy atom. The number of hydrogen-bond donors (Lipinski definition) is 2. The summed E-state index contributed by atoms with van der Waals surface area (Å²) in [6, 6.07) is 6.83. The molecule has 2 atom stereocenters. The van der Waals surface area contributed by atoms with Crippen LogP contribution >= 0.6 is 0 Å². The number of aliphatic hydroxyl groups excluding tert-OH is 1. The van der Waals surface area contributed by atoms with Crippen LogP contribution in [0.15, 0.2) is 24.3 Å². The van der Waals surface area contributed by atoms with Crippen molar-refractivity contribution < 1.29 is 9.50 Å². The molecule has 2 N–H and O–H groups in total. The molecule has 0 radical (unpaired) electrons. The van der Waals surface area contributed by atoms with E-state index in [0.29, 0.717) is 6.54 Å². The van der Waals surface area contributed by atoms with E-state index in [9.17, 15) is 9.50 Å². The van der Waals surface area contributed by atoms with Crippen molar-refractivity contribution in [2.75, 3.05) is 6.54 Å². The van der Waals surface area contributed by atoms with E-state index in [1.807, 2.05) is 26.0 Å². The minimum absolute atomic E-state index is 0.189. The van der Waals surface area contributed by atoms with E-state index in [0.717, 1.165) is 24.8 Å². The predicted molar refractivity (Wildman–Crippen MR) is 77.5 cm³/mol. The summed E-state index contributed by atoms with van der Waals surface area (Å²) >= 11 is 0. The van der Waals surface area contributed by atoms with Gasteiger partial charge in [0.1, 0.15) is 5.82 Å². The van der Waals surface area contributed by atoms with Crippen LogP contribution in [0.5, 0.6) is 0 Å². The zero-order valence-electron chi connectivity index (χ0n) is 12.2. The molecule has 0 fully saturated rings. The SMILES string of the molecule is CCCCC(NCC(O)C(C)C)c1ccc(F)cc1. The summed E-state index contributed by atoms with van der Waals surface area (Å²) in [5, 5.41) is 13.3. The average Bonchev–Trinajstić information content (AvgIpc) is 2.39. The van der Waals surface area contributed by atoms with Crippen molar-refractivity contribution in [2.24, 2.45) is 5.92 Å². The van der Waals surface area contributed by atoms with E-state index in [-0.39, 0.29) is 23.9 Å². The van der Waals surface area contributed by atoms with E-state index in [4.69, 9.17) is 0 Å². The fraction of sp³-hybridized carbons (Fsp3) is 0.625. The zero-order valence-corrected chi connectivity index (χ0v) is 12.2. The number of rotatable bonds is 8. The minimum Gasteiger partial charge on any atom is -0.392 e. The highest BCUT2D eigenvalue weighted by Crippen LogP contribution is 2.20. The van der Waals surface area contributed by atoms with Crippen LogP contribution in [0.1, 0.15) is 51.6 Å². The highest BCUT2D eigenvalue weighted by molar-refractivity contribution is 5.19. The van der Waals surface area contributed by atoms with Gasteiger partial charge in [-0.15, -0.1) is 0 Å². The first-order valence-electron chi connectivity index (χ1n) is 7.21. The van der Waals surface area contributed by atoms with Gasteiger partial charge in [0.15, 0.2) is 0 Å². The Bertz CT molecular complexity index is 350. The summed E-state index contributed by atoms with van der Waals surface area (Å²) in [6.45, 7) is 6.74. The summed E-state index contributed by atoms with van der Waals surface area (Å²) < 4.78 is 13.0. The lowest BCUT2D eigenvalue weighted by molar-refractivity contribution is 0.119. The smallest absolute Gasteiger partial charge is 0.123 e. The second-order valence-electron chi connectivity index (χ2n) is 5.47. The number of unbranched alkanes of at least 4 members (excludes halogenated alkanes) is 1. The Hall–Kier alpha value is -0.930. The van der Waals surface area contributed by atoms with Crippen LogP contribution in [0.4, 0.5) is 4.39 Å². The van der Waals surface area contributed by atoms with Crippen molar-refractivity contribution in [3.8, 4) is 0 Å². The third-order valence-electron chi connectivity index (χ3n) is 3.46. The first kappa shape index (κ1) is 16.1. The fourth-order valence-electron chi connectivity index (χ4n) is 1.99. The topological polar surface area (TPSA) is 32.3 Å². The highest BCUT2D eigenvalue weighted by Gasteiger charge is 2.14. The Labute approximate surface area is 116 Å². The lowest BCUT2D eigenvalue weighted by atomic mass is 10.00. The van der Waals surface area contributed by atoms with E-state index < -0.39 is 0 Å². The molecule has 1 aromatic carbocycles. The van der Waals surface area contributed by atoms with Crippen molar-refractivity contribution in [1.29, 1.82) is 0 Å². The Morgan fingerprint density at radius 2 is 1.84 bits per heavy atom. The lowest BCUT2D eigenvalue weighted by Crippen LogP contribution is -2.33. The maximum absolute atomic E-state index is 13.0. The maximum Gasteiger partial charge on any atom is 0.123 e. The minimum atomic E-state index is -0.343. The van der Waals surface area contributed by atoms with E-state index >= 15 is 0 Å². The summed E-state index contributed by atoms with van der Waals surface area (Å²) in [5.41, 5.74) is 1.09. The van der Waals surface area contributed by atoms with Crippen LogP contribution in [-0.4, -0.2) is 17.8 Å². The molecule has 19 heavy (non-hydrogen) atoms. The van der Waals surface area contributed by atoms with Gasteiger partial charge in [-0.2, -0.15) is 0 Å². The van der Waals surface area contributed by atoms with Crippen molar-refractivity contribution in [3.05, 3.63) is 35.6 Å². The van der Waals surface area contributed by atoms with Crippen molar-refractivity contribution in [3.63, 3.8) is 0 Å². The Morgan fingerprint density at radius 1 is 1.21 bits per heavy atom. The molecule has 1 aromatic rings. The molecule has 0 bridgehead atoms. The van der Waals surface area contributed by atoms with Gasteiger partial charge in [0, 0.05) is 12.6 Å². The molecule has 2 nitrogen and oxygen atoms in total.